The van der Waals surface area contributed by atoms with Gasteiger partial charge in [0.1, 0.15) is 0 Å². The summed E-state index contributed by atoms with van der Waals surface area (Å²) in [5.41, 5.74) is 5.44. The monoisotopic (exact) mass is 510 g/mol. The number of hydrogen-bond acceptors (Lipinski definition) is 2. The van der Waals surface area contributed by atoms with Crippen LogP contribution in [0.15, 0.2) is 96.6 Å². The molecule has 38 heavy (non-hydrogen) atoms. The molecule has 5 atom stereocenters. The molecule has 0 aromatic heterocycles. The Morgan fingerprint density at radius 3 is 1.92 bits per heavy atom. The lowest BCUT2D eigenvalue weighted by Crippen LogP contribution is -2.25. The van der Waals surface area contributed by atoms with Crippen molar-refractivity contribution in [2.24, 2.45) is 29.6 Å². The van der Waals surface area contributed by atoms with E-state index >= 15 is 0 Å². The highest BCUT2D eigenvalue weighted by atomic mass is 16.1. The molecule has 5 unspecified atom stereocenters. The van der Waals surface area contributed by atoms with Gasteiger partial charge in [-0.25, -0.2) is 0 Å². The van der Waals surface area contributed by atoms with E-state index in [-0.39, 0.29) is 5.78 Å². The Labute approximate surface area is 230 Å². The maximum Gasteiger partial charge on any atom is 0.185 e. The third kappa shape index (κ3) is 8.51. The summed E-state index contributed by atoms with van der Waals surface area (Å²) in [5, 5.41) is 0. The molecule has 0 heterocycles. The van der Waals surface area contributed by atoms with Crippen molar-refractivity contribution >= 4 is 11.6 Å². The highest BCUT2D eigenvalue weighted by Crippen LogP contribution is 2.39. The van der Waals surface area contributed by atoms with Crippen LogP contribution in [0.1, 0.15) is 93.4 Å². The van der Waals surface area contributed by atoms with E-state index in [1.807, 2.05) is 66.7 Å². The highest BCUT2D eigenvalue weighted by molar-refractivity contribution is 6.04. The quantitative estimate of drug-likeness (QED) is 0.211. The number of carbonyl (C=O) groups excluding carboxylic acids is 2. The Morgan fingerprint density at radius 1 is 0.789 bits per heavy atom. The van der Waals surface area contributed by atoms with Gasteiger partial charge in [0.2, 0.25) is 0 Å². The molecular formula is C36H46O2. The van der Waals surface area contributed by atoms with Crippen LogP contribution >= 0.6 is 0 Å². The standard InChI is InChI=1S/C18H24O.C18H22O/c2*1-13(2)16-10-9-14(3)17(11-16)12-18(19)15-7-5-4-6-8-15/h4-8,14,16-17H,1,9-12H2,2-3H3;4-8,12,14,16H,1,9-11H2,2-3H3/b;17-12+. The van der Waals surface area contributed by atoms with E-state index in [4.69, 9.17) is 0 Å². The van der Waals surface area contributed by atoms with Gasteiger partial charge in [0.25, 0.3) is 0 Å². The number of carbonyl (C=O) groups is 2. The van der Waals surface area contributed by atoms with Gasteiger partial charge in [-0.2, -0.15) is 0 Å². The molecule has 0 N–H and O–H groups in total. The summed E-state index contributed by atoms with van der Waals surface area (Å²) >= 11 is 0. The normalized spacial score (nSPS) is 26.1. The van der Waals surface area contributed by atoms with Crippen molar-refractivity contribution in [2.45, 2.75) is 72.6 Å². The summed E-state index contributed by atoms with van der Waals surface area (Å²) < 4.78 is 0. The summed E-state index contributed by atoms with van der Waals surface area (Å²) in [6.07, 6.45) is 9.50. The molecule has 0 spiro atoms. The molecule has 202 valence electrons. The maximum atomic E-state index is 12.3. The van der Waals surface area contributed by atoms with Crippen molar-refractivity contribution in [3.05, 3.63) is 108 Å². The summed E-state index contributed by atoms with van der Waals surface area (Å²) in [4.78, 5) is 24.5. The molecule has 0 radical (unpaired) electrons. The van der Waals surface area contributed by atoms with Crippen LogP contribution in [-0.4, -0.2) is 11.6 Å². The predicted molar refractivity (Wildman–Crippen MR) is 160 cm³/mol. The fourth-order valence-electron chi connectivity index (χ4n) is 5.83. The van der Waals surface area contributed by atoms with E-state index < -0.39 is 0 Å². The van der Waals surface area contributed by atoms with E-state index in [1.165, 1.54) is 36.0 Å². The molecule has 4 rings (SSSR count). The van der Waals surface area contributed by atoms with Crippen LogP contribution in [0.2, 0.25) is 0 Å². The Morgan fingerprint density at radius 2 is 1.34 bits per heavy atom. The molecule has 2 saturated carbocycles. The first-order valence-electron chi connectivity index (χ1n) is 14.3. The van der Waals surface area contributed by atoms with Gasteiger partial charge in [0, 0.05) is 17.5 Å². The second-order valence-corrected chi connectivity index (χ2v) is 11.8. The average molecular weight is 511 g/mol. The van der Waals surface area contributed by atoms with E-state index in [2.05, 4.69) is 40.9 Å². The number of hydrogen-bond donors (Lipinski definition) is 0. The Bertz CT molecular complexity index is 1120. The van der Waals surface area contributed by atoms with E-state index in [1.54, 1.807) is 0 Å². The second kappa shape index (κ2) is 14.2. The van der Waals surface area contributed by atoms with E-state index in [9.17, 15) is 9.59 Å². The largest absolute Gasteiger partial charge is 0.294 e. The fourth-order valence-corrected chi connectivity index (χ4v) is 5.83. The van der Waals surface area contributed by atoms with Crippen LogP contribution in [0, 0.1) is 29.6 Å². The zero-order valence-electron chi connectivity index (χ0n) is 23.9. The average Bonchev–Trinajstić information content (AvgIpc) is 2.92. The van der Waals surface area contributed by atoms with Crippen LogP contribution in [0.4, 0.5) is 0 Å². The number of allylic oxidation sites excluding steroid dienone is 4. The van der Waals surface area contributed by atoms with Gasteiger partial charge >= 0.3 is 0 Å². The SMILES string of the molecule is C=C(C)C1CCC(C)/C(=C/C(=O)c2ccccc2)C1.C=C(C)C1CCC(C)C(CC(=O)c2ccccc2)C1. The number of ketones is 2. The minimum atomic E-state index is 0.129. The lowest BCUT2D eigenvalue weighted by molar-refractivity contribution is 0.0912. The zero-order chi connectivity index (χ0) is 27.7. The first kappa shape index (κ1) is 29.6. The molecule has 0 saturated heterocycles. The Hall–Kier alpha value is -3.00. The molecule has 2 fully saturated rings. The molecule has 0 bridgehead atoms. The van der Waals surface area contributed by atoms with Crippen LogP contribution in [0.3, 0.4) is 0 Å². The second-order valence-electron chi connectivity index (χ2n) is 11.8. The smallest absolute Gasteiger partial charge is 0.185 e. The summed E-state index contributed by atoms with van der Waals surface area (Å²) in [6, 6.07) is 19.2. The molecule has 2 nitrogen and oxygen atoms in total. The van der Waals surface area contributed by atoms with Gasteiger partial charge in [-0.1, -0.05) is 104 Å². The molecule has 0 amide bonds. The molecule has 0 aliphatic heterocycles. The van der Waals surface area contributed by atoms with Gasteiger partial charge in [0.05, 0.1) is 0 Å². The van der Waals surface area contributed by atoms with Crippen molar-refractivity contribution in [2.75, 3.05) is 0 Å². The number of rotatable bonds is 7. The van der Waals surface area contributed by atoms with E-state index in [0.717, 1.165) is 30.4 Å². The van der Waals surface area contributed by atoms with Crippen LogP contribution in [0.5, 0.6) is 0 Å². The van der Waals surface area contributed by atoms with Gasteiger partial charge < -0.3 is 0 Å². The van der Waals surface area contributed by atoms with Crippen molar-refractivity contribution < 1.29 is 9.59 Å². The number of benzene rings is 2. The maximum absolute atomic E-state index is 12.3. The summed E-state index contributed by atoms with van der Waals surface area (Å²) in [6.45, 7) is 16.9. The fraction of sp³-hybridized carbons (Fsp3) is 0.444. The van der Waals surface area contributed by atoms with Crippen molar-refractivity contribution in [3.63, 3.8) is 0 Å². The Balaban J connectivity index is 0.000000211. The zero-order valence-corrected chi connectivity index (χ0v) is 23.9. The van der Waals surface area contributed by atoms with Crippen LogP contribution < -0.4 is 0 Å². The first-order valence-corrected chi connectivity index (χ1v) is 14.3. The molecular weight excluding hydrogens is 464 g/mol. The topological polar surface area (TPSA) is 34.1 Å². The van der Waals surface area contributed by atoms with Crippen molar-refractivity contribution in [1.82, 2.24) is 0 Å². The molecule has 2 heteroatoms. The van der Waals surface area contributed by atoms with Gasteiger partial charge in [-0.3, -0.25) is 9.59 Å². The van der Waals surface area contributed by atoms with Crippen molar-refractivity contribution in [1.29, 1.82) is 0 Å². The lowest BCUT2D eigenvalue weighted by Gasteiger charge is -2.34. The minimum Gasteiger partial charge on any atom is -0.294 e. The van der Waals surface area contributed by atoms with Crippen LogP contribution in [-0.2, 0) is 0 Å². The number of Topliss-reactive ketones (excluding diaryl/α,β-unsaturated/α-hetero) is 1. The summed E-state index contributed by atoms with van der Waals surface area (Å²) in [7, 11) is 0. The lowest BCUT2D eigenvalue weighted by atomic mass is 9.71. The van der Waals surface area contributed by atoms with Gasteiger partial charge in [-0.05, 0) is 88.0 Å². The molecule has 2 aromatic rings. The minimum absolute atomic E-state index is 0.129. The molecule has 2 aliphatic rings. The van der Waals surface area contributed by atoms with Crippen LogP contribution in [0.25, 0.3) is 0 Å². The first-order chi connectivity index (χ1) is 18.2. The summed E-state index contributed by atoms with van der Waals surface area (Å²) in [5.74, 6) is 3.27. The van der Waals surface area contributed by atoms with Crippen molar-refractivity contribution in [3.8, 4) is 0 Å². The third-order valence-corrected chi connectivity index (χ3v) is 8.74. The van der Waals surface area contributed by atoms with Gasteiger partial charge in [-0.15, -0.1) is 0 Å². The molecule has 2 aromatic carbocycles. The Kier molecular flexibility index (Phi) is 11.1. The molecule has 2 aliphatic carbocycles. The predicted octanol–water partition coefficient (Wildman–Crippen LogP) is 9.70. The third-order valence-electron chi connectivity index (χ3n) is 8.74. The highest BCUT2D eigenvalue weighted by Gasteiger charge is 2.29. The van der Waals surface area contributed by atoms with Gasteiger partial charge in [0.15, 0.2) is 11.6 Å². The van der Waals surface area contributed by atoms with E-state index in [0.29, 0.717) is 41.8 Å².